The van der Waals surface area contributed by atoms with Crippen molar-refractivity contribution in [1.29, 1.82) is 0 Å². The highest BCUT2D eigenvalue weighted by Crippen LogP contribution is 2.31. The second-order valence-electron chi connectivity index (χ2n) is 7.62. The first-order valence-corrected chi connectivity index (χ1v) is 9.86. The van der Waals surface area contributed by atoms with Gasteiger partial charge >= 0.3 is 0 Å². The lowest BCUT2D eigenvalue weighted by Crippen LogP contribution is -2.41. The molecule has 3 amide bonds. The van der Waals surface area contributed by atoms with Gasteiger partial charge in [0.1, 0.15) is 11.6 Å². The van der Waals surface area contributed by atoms with E-state index in [4.69, 9.17) is 5.73 Å². The first-order chi connectivity index (χ1) is 14.8. The number of H-pyrrole nitrogens is 1. The van der Waals surface area contributed by atoms with E-state index in [1.165, 1.54) is 18.2 Å². The number of anilines is 3. The molecule has 1 saturated heterocycles. The van der Waals surface area contributed by atoms with Crippen molar-refractivity contribution in [3.05, 3.63) is 46.0 Å². The molecule has 3 heterocycles. The van der Waals surface area contributed by atoms with Gasteiger partial charge in [0.05, 0.1) is 11.5 Å². The van der Waals surface area contributed by atoms with Crippen molar-refractivity contribution in [2.45, 2.75) is 25.2 Å². The number of benzene rings is 1. The monoisotopic (exact) mass is 428 g/mol. The number of hydrogen-bond acceptors (Lipinski definition) is 6. The maximum atomic E-state index is 13.4. The Bertz CT molecular complexity index is 1110. The number of primary amides is 1. The molecule has 0 saturated carbocycles. The van der Waals surface area contributed by atoms with Gasteiger partial charge in [0.2, 0.25) is 23.7 Å². The Hall–Kier alpha value is -3.76. The summed E-state index contributed by atoms with van der Waals surface area (Å²) in [5.74, 6) is -2.97. The van der Waals surface area contributed by atoms with Gasteiger partial charge in [-0.15, -0.1) is 0 Å². The van der Waals surface area contributed by atoms with Crippen molar-refractivity contribution >= 4 is 35.2 Å². The third kappa shape index (κ3) is 4.25. The second-order valence-corrected chi connectivity index (χ2v) is 7.62. The van der Waals surface area contributed by atoms with Gasteiger partial charge in [-0.25, -0.2) is 4.39 Å². The fourth-order valence-electron chi connectivity index (χ4n) is 3.90. The Morgan fingerprint density at radius 2 is 1.97 bits per heavy atom. The largest absolute Gasteiger partial charge is 0.369 e. The molecule has 0 unspecified atom stereocenters. The van der Waals surface area contributed by atoms with Crippen molar-refractivity contribution in [3.63, 3.8) is 0 Å². The second kappa shape index (κ2) is 8.17. The topological polar surface area (TPSA) is 150 Å². The molecule has 162 valence electrons. The molecular formula is C20H21FN6O4. The van der Waals surface area contributed by atoms with Crippen LogP contribution in [0.15, 0.2) is 29.1 Å². The third-order valence-electron chi connectivity index (χ3n) is 5.54. The number of rotatable bonds is 4. The predicted molar refractivity (Wildman–Crippen MR) is 110 cm³/mol. The highest BCUT2D eigenvalue weighted by atomic mass is 19.1. The van der Waals surface area contributed by atoms with Crippen molar-refractivity contribution in [2.75, 3.05) is 28.6 Å². The lowest BCUT2D eigenvalue weighted by molar-refractivity contribution is -0.123. The number of piperidine rings is 1. The summed E-state index contributed by atoms with van der Waals surface area (Å²) < 4.78 is 13.4. The average Bonchev–Trinajstić information content (AvgIpc) is 2.72. The minimum atomic E-state index is -1.07. The Kier molecular flexibility index (Phi) is 5.40. The molecule has 2 aromatic rings. The van der Waals surface area contributed by atoms with Gasteiger partial charge in [0, 0.05) is 31.1 Å². The summed E-state index contributed by atoms with van der Waals surface area (Å²) in [5.41, 5.74) is 5.07. The molecule has 0 spiro atoms. The first-order valence-electron chi connectivity index (χ1n) is 9.86. The van der Waals surface area contributed by atoms with Crippen molar-refractivity contribution in [1.82, 2.24) is 9.97 Å². The average molecular weight is 428 g/mol. The van der Waals surface area contributed by atoms with Crippen LogP contribution in [0.4, 0.5) is 21.8 Å². The lowest BCUT2D eigenvalue weighted by atomic mass is 9.92. The molecule has 31 heavy (non-hydrogen) atoms. The van der Waals surface area contributed by atoms with E-state index < -0.39 is 29.1 Å². The molecule has 4 rings (SSSR count). The van der Waals surface area contributed by atoms with Gasteiger partial charge in [-0.05, 0) is 31.0 Å². The minimum Gasteiger partial charge on any atom is -0.369 e. The highest BCUT2D eigenvalue weighted by Gasteiger charge is 2.35. The number of aromatic amines is 1. The van der Waals surface area contributed by atoms with Crippen LogP contribution in [0.1, 0.15) is 30.7 Å². The molecule has 0 aliphatic carbocycles. The Morgan fingerprint density at radius 1 is 1.23 bits per heavy atom. The molecule has 5 N–H and O–H groups in total. The van der Waals surface area contributed by atoms with E-state index in [-0.39, 0.29) is 41.3 Å². The SMILES string of the molecule is NC(=O)C1CCN(c2nc3c(c(=O)[nH]2)[C@@H](C(=O)Nc2cccc(F)c2)CC(=O)N3)CC1. The minimum absolute atomic E-state index is 0.0198. The fourth-order valence-corrected chi connectivity index (χ4v) is 3.90. The molecule has 1 fully saturated rings. The van der Waals surface area contributed by atoms with Gasteiger partial charge in [0.25, 0.3) is 5.56 Å². The molecule has 11 heteroatoms. The summed E-state index contributed by atoms with van der Waals surface area (Å²) in [5, 5.41) is 5.10. The summed E-state index contributed by atoms with van der Waals surface area (Å²) in [6, 6.07) is 5.32. The zero-order chi connectivity index (χ0) is 22.1. The number of halogens is 1. The number of aromatic nitrogens is 2. The van der Waals surface area contributed by atoms with Crippen LogP contribution in [-0.4, -0.2) is 40.8 Å². The van der Waals surface area contributed by atoms with E-state index >= 15 is 0 Å². The summed E-state index contributed by atoms with van der Waals surface area (Å²) in [7, 11) is 0. The van der Waals surface area contributed by atoms with Crippen molar-refractivity contribution in [2.24, 2.45) is 11.7 Å². The molecule has 0 bridgehead atoms. The van der Waals surface area contributed by atoms with Crippen LogP contribution in [-0.2, 0) is 14.4 Å². The molecule has 1 atom stereocenters. The third-order valence-corrected chi connectivity index (χ3v) is 5.54. The van der Waals surface area contributed by atoms with Crippen LogP contribution in [0.25, 0.3) is 0 Å². The van der Waals surface area contributed by atoms with Gasteiger partial charge in [0.15, 0.2) is 0 Å². The smallest absolute Gasteiger partial charge is 0.258 e. The van der Waals surface area contributed by atoms with Crippen LogP contribution in [0.3, 0.4) is 0 Å². The molecule has 1 aromatic heterocycles. The van der Waals surface area contributed by atoms with Gasteiger partial charge < -0.3 is 21.3 Å². The van der Waals surface area contributed by atoms with Crippen molar-refractivity contribution < 1.29 is 18.8 Å². The quantitative estimate of drug-likeness (QED) is 0.562. The summed E-state index contributed by atoms with van der Waals surface area (Å²) in [6.45, 7) is 0.930. The molecular weight excluding hydrogens is 407 g/mol. The van der Waals surface area contributed by atoms with Crippen LogP contribution in [0.5, 0.6) is 0 Å². The standard InChI is InChI=1S/C20H21FN6O4/c21-11-2-1-3-12(8-11)23-18(30)13-9-14(28)24-17-15(13)19(31)26-20(25-17)27-6-4-10(5-7-27)16(22)29/h1-3,8,10,13H,4-7,9H2,(H2,22,29)(H,23,30)(H2,24,25,26,28,31)/t13-/m0/s1. The van der Waals surface area contributed by atoms with E-state index in [0.29, 0.717) is 25.9 Å². The number of nitrogens with zero attached hydrogens (tertiary/aromatic N) is 2. The van der Waals surface area contributed by atoms with Gasteiger partial charge in [-0.2, -0.15) is 4.98 Å². The predicted octanol–water partition coefficient (Wildman–Crippen LogP) is 0.675. The number of carbonyl (C=O) groups is 3. The number of nitrogens with two attached hydrogens (primary N) is 1. The van der Waals surface area contributed by atoms with E-state index in [2.05, 4.69) is 20.6 Å². The van der Waals surface area contributed by atoms with E-state index in [0.717, 1.165) is 6.07 Å². The first kappa shape index (κ1) is 20.5. The highest BCUT2D eigenvalue weighted by molar-refractivity contribution is 6.04. The number of nitrogens with one attached hydrogen (secondary N) is 3. The number of amides is 3. The van der Waals surface area contributed by atoms with Crippen LogP contribution < -0.4 is 26.8 Å². The summed E-state index contributed by atoms with van der Waals surface area (Å²) in [6.07, 6.45) is 0.824. The Labute approximate surface area is 176 Å². The number of fused-ring (bicyclic) bond motifs is 1. The molecule has 2 aliphatic rings. The van der Waals surface area contributed by atoms with Crippen LogP contribution in [0, 0.1) is 11.7 Å². The summed E-state index contributed by atoms with van der Waals surface area (Å²) in [4.78, 5) is 58.0. The van der Waals surface area contributed by atoms with E-state index in [1.54, 1.807) is 4.90 Å². The Balaban J connectivity index is 1.59. The lowest BCUT2D eigenvalue weighted by Gasteiger charge is -2.32. The number of hydrogen-bond donors (Lipinski definition) is 4. The zero-order valence-corrected chi connectivity index (χ0v) is 16.5. The maximum absolute atomic E-state index is 13.4. The number of carbonyl (C=O) groups excluding carboxylic acids is 3. The normalized spacial score (nSPS) is 18.8. The molecule has 0 radical (unpaired) electrons. The molecule has 2 aliphatic heterocycles. The van der Waals surface area contributed by atoms with E-state index in [1.807, 2.05) is 0 Å². The van der Waals surface area contributed by atoms with E-state index in [9.17, 15) is 23.6 Å². The van der Waals surface area contributed by atoms with Crippen LogP contribution >= 0.6 is 0 Å². The van der Waals surface area contributed by atoms with Gasteiger partial charge in [-0.3, -0.25) is 24.2 Å². The van der Waals surface area contributed by atoms with Crippen molar-refractivity contribution in [3.8, 4) is 0 Å². The summed E-state index contributed by atoms with van der Waals surface area (Å²) >= 11 is 0. The molecule has 10 nitrogen and oxygen atoms in total. The van der Waals surface area contributed by atoms with Crippen LogP contribution in [0.2, 0.25) is 0 Å². The molecule has 1 aromatic carbocycles. The maximum Gasteiger partial charge on any atom is 0.258 e. The van der Waals surface area contributed by atoms with Gasteiger partial charge in [-0.1, -0.05) is 6.07 Å². The Morgan fingerprint density at radius 3 is 2.65 bits per heavy atom. The fraction of sp³-hybridized carbons (Fsp3) is 0.350. The zero-order valence-electron chi connectivity index (χ0n) is 16.5.